The minimum Gasteiger partial charge on any atom is -0.357 e. The Morgan fingerprint density at radius 2 is 2.12 bits per heavy atom. The number of thioether (sulfide) groups is 1. The van der Waals surface area contributed by atoms with Crippen molar-refractivity contribution in [1.82, 2.24) is 9.36 Å². The van der Waals surface area contributed by atoms with Crippen LogP contribution in [0.15, 0.2) is 0 Å². The molecule has 1 aromatic rings. The maximum Gasteiger partial charge on any atom is 0.202 e. The highest BCUT2D eigenvalue weighted by Crippen LogP contribution is 2.23. The van der Waals surface area contributed by atoms with E-state index in [0.717, 1.165) is 22.5 Å². The Hall–Kier alpha value is -0.290. The molecule has 0 saturated heterocycles. The second-order valence-corrected chi connectivity index (χ2v) is 6.95. The van der Waals surface area contributed by atoms with Crippen LogP contribution in [0.25, 0.3) is 0 Å². The number of anilines is 1. The summed E-state index contributed by atoms with van der Waals surface area (Å²) in [5, 5.41) is 4.33. The summed E-state index contributed by atoms with van der Waals surface area (Å²) in [4.78, 5) is 4.52. The van der Waals surface area contributed by atoms with Gasteiger partial charge in [-0.1, -0.05) is 27.7 Å². The van der Waals surface area contributed by atoms with Crippen LogP contribution in [-0.2, 0) is 5.41 Å². The average Bonchev–Trinajstić information content (AvgIpc) is 2.62. The zero-order chi connectivity index (χ0) is 12.2. The molecule has 16 heavy (non-hydrogen) atoms. The van der Waals surface area contributed by atoms with Gasteiger partial charge in [-0.3, -0.25) is 0 Å². The van der Waals surface area contributed by atoms with Gasteiger partial charge in [0.1, 0.15) is 5.82 Å². The van der Waals surface area contributed by atoms with Crippen LogP contribution in [0.2, 0.25) is 0 Å². The summed E-state index contributed by atoms with van der Waals surface area (Å²) >= 11 is 3.40. The molecule has 1 N–H and O–H groups in total. The van der Waals surface area contributed by atoms with Crippen molar-refractivity contribution >= 4 is 28.4 Å². The van der Waals surface area contributed by atoms with Gasteiger partial charge < -0.3 is 5.32 Å². The Balaban J connectivity index is 2.52. The molecule has 3 nitrogen and oxygen atoms in total. The lowest BCUT2D eigenvalue weighted by atomic mass is 9.96. The molecule has 1 aromatic heterocycles. The zero-order valence-corrected chi connectivity index (χ0v) is 12.3. The van der Waals surface area contributed by atoms with Crippen LogP contribution < -0.4 is 5.32 Å². The molecule has 92 valence electrons. The van der Waals surface area contributed by atoms with Crippen LogP contribution in [0.3, 0.4) is 0 Å². The first-order chi connectivity index (χ1) is 7.43. The molecule has 0 radical (unpaired) electrons. The number of rotatable bonds is 5. The zero-order valence-electron chi connectivity index (χ0n) is 10.7. The predicted octanol–water partition coefficient (Wildman–Crippen LogP) is 3.39. The van der Waals surface area contributed by atoms with E-state index in [2.05, 4.69) is 49.3 Å². The monoisotopic (exact) mass is 259 g/mol. The van der Waals surface area contributed by atoms with Gasteiger partial charge in [-0.15, -0.1) is 0 Å². The van der Waals surface area contributed by atoms with Gasteiger partial charge in [-0.25, -0.2) is 4.98 Å². The molecule has 0 bridgehead atoms. The molecule has 1 atom stereocenters. The van der Waals surface area contributed by atoms with Crippen molar-refractivity contribution in [2.45, 2.75) is 46.1 Å². The van der Waals surface area contributed by atoms with Crippen molar-refractivity contribution in [3.8, 4) is 0 Å². The first-order valence-corrected chi connectivity index (χ1v) is 7.54. The van der Waals surface area contributed by atoms with E-state index in [0.29, 0.717) is 6.04 Å². The summed E-state index contributed by atoms with van der Waals surface area (Å²) in [6.07, 6.45) is 0. The molecule has 0 saturated carbocycles. The first kappa shape index (κ1) is 13.8. The molecular weight excluding hydrogens is 238 g/mol. The lowest BCUT2D eigenvalue weighted by molar-refractivity contribution is 0.555. The highest BCUT2D eigenvalue weighted by molar-refractivity contribution is 7.99. The van der Waals surface area contributed by atoms with Crippen molar-refractivity contribution in [3.63, 3.8) is 0 Å². The van der Waals surface area contributed by atoms with E-state index in [1.165, 1.54) is 11.5 Å². The molecular formula is C11H21N3S2. The van der Waals surface area contributed by atoms with Crippen LogP contribution >= 0.6 is 23.3 Å². The number of hydrogen-bond acceptors (Lipinski definition) is 5. The minimum absolute atomic E-state index is 0.0395. The lowest BCUT2D eigenvalue weighted by Gasteiger charge is -2.13. The Kier molecular flexibility index (Phi) is 5.05. The van der Waals surface area contributed by atoms with E-state index in [4.69, 9.17) is 0 Å². The lowest BCUT2D eigenvalue weighted by Crippen LogP contribution is -2.18. The van der Waals surface area contributed by atoms with Gasteiger partial charge in [-0.2, -0.15) is 16.1 Å². The van der Waals surface area contributed by atoms with Crippen molar-refractivity contribution in [2.24, 2.45) is 0 Å². The second-order valence-electron chi connectivity index (χ2n) is 4.88. The van der Waals surface area contributed by atoms with Gasteiger partial charge in [0.15, 0.2) is 0 Å². The van der Waals surface area contributed by atoms with E-state index < -0.39 is 0 Å². The second kappa shape index (κ2) is 5.87. The molecule has 5 heteroatoms. The van der Waals surface area contributed by atoms with Crippen molar-refractivity contribution in [1.29, 1.82) is 0 Å². The van der Waals surface area contributed by atoms with E-state index >= 15 is 0 Å². The smallest absolute Gasteiger partial charge is 0.202 e. The SMILES string of the molecule is CCSCC(C)Nc1nc(C(C)(C)C)ns1. The molecule has 1 heterocycles. The third-order valence-electron chi connectivity index (χ3n) is 2.04. The molecule has 1 unspecified atom stereocenters. The van der Waals surface area contributed by atoms with Gasteiger partial charge in [0.25, 0.3) is 0 Å². The van der Waals surface area contributed by atoms with Crippen LogP contribution in [0.4, 0.5) is 5.13 Å². The highest BCUT2D eigenvalue weighted by atomic mass is 32.2. The van der Waals surface area contributed by atoms with Crippen molar-refractivity contribution < 1.29 is 0 Å². The molecule has 0 aliphatic carbocycles. The van der Waals surface area contributed by atoms with Gasteiger partial charge in [0, 0.05) is 28.7 Å². The van der Waals surface area contributed by atoms with Gasteiger partial charge in [0.2, 0.25) is 5.13 Å². The van der Waals surface area contributed by atoms with Gasteiger partial charge in [-0.05, 0) is 12.7 Å². The fourth-order valence-corrected chi connectivity index (χ4v) is 2.68. The van der Waals surface area contributed by atoms with E-state index in [1.54, 1.807) is 0 Å². The molecule has 0 fully saturated rings. The standard InChI is InChI=1S/C11H21N3S2/c1-6-15-7-8(2)12-10-13-9(14-16-10)11(3,4)5/h8H,6-7H2,1-5H3,(H,12,13,14). The summed E-state index contributed by atoms with van der Waals surface area (Å²) in [6.45, 7) is 10.8. The highest BCUT2D eigenvalue weighted by Gasteiger charge is 2.19. The average molecular weight is 259 g/mol. The summed E-state index contributed by atoms with van der Waals surface area (Å²) in [5.41, 5.74) is 0.0395. The third kappa shape index (κ3) is 4.29. The molecule has 1 rings (SSSR count). The fraction of sp³-hybridized carbons (Fsp3) is 0.818. The number of aromatic nitrogens is 2. The van der Waals surface area contributed by atoms with Crippen molar-refractivity contribution in [3.05, 3.63) is 5.82 Å². The van der Waals surface area contributed by atoms with Gasteiger partial charge >= 0.3 is 0 Å². The summed E-state index contributed by atoms with van der Waals surface area (Å²) in [5.74, 6) is 3.20. The maximum atomic E-state index is 4.52. The first-order valence-electron chi connectivity index (χ1n) is 5.62. The summed E-state index contributed by atoms with van der Waals surface area (Å²) in [6, 6.07) is 0.450. The molecule has 0 aromatic carbocycles. The van der Waals surface area contributed by atoms with Crippen LogP contribution in [0.5, 0.6) is 0 Å². The maximum absolute atomic E-state index is 4.52. The van der Waals surface area contributed by atoms with Crippen LogP contribution in [0.1, 0.15) is 40.4 Å². The normalized spacial score (nSPS) is 13.8. The topological polar surface area (TPSA) is 37.8 Å². The molecule has 0 spiro atoms. The van der Waals surface area contributed by atoms with Crippen LogP contribution in [0, 0.1) is 0 Å². The Morgan fingerprint density at radius 3 is 2.62 bits per heavy atom. The van der Waals surface area contributed by atoms with E-state index in [9.17, 15) is 0 Å². The summed E-state index contributed by atoms with van der Waals surface area (Å²) < 4.78 is 4.38. The quantitative estimate of drug-likeness (QED) is 0.879. The number of hydrogen-bond donors (Lipinski definition) is 1. The van der Waals surface area contributed by atoms with E-state index in [1.807, 2.05) is 11.8 Å². The Labute approximate surface area is 107 Å². The third-order valence-corrected chi connectivity index (χ3v) is 3.83. The molecule has 0 aliphatic rings. The number of nitrogens with one attached hydrogen (secondary N) is 1. The minimum atomic E-state index is 0.0395. The molecule has 0 amide bonds. The number of nitrogens with zero attached hydrogens (tertiary/aromatic N) is 2. The fourth-order valence-electron chi connectivity index (χ4n) is 1.13. The van der Waals surface area contributed by atoms with Crippen LogP contribution in [-0.4, -0.2) is 26.9 Å². The van der Waals surface area contributed by atoms with Gasteiger partial charge in [0.05, 0.1) is 0 Å². The van der Waals surface area contributed by atoms with Crippen molar-refractivity contribution in [2.75, 3.05) is 16.8 Å². The Bertz CT molecular complexity index is 317. The summed E-state index contributed by atoms with van der Waals surface area (Å²) in [7, 11) is 0. The predicted molar refractivity (Wildman–Crippen MR) is 74.7 cm³/mol. The Morgan fingerprint density at radius 1 is 1.44 bits per heavy atom. The molecule has 0 aliphatic heterocycles. The largest absolute Gasteiger partial charge is 0.357 e. The van der Waals surface area contributed by atoms with E-state index in [-0.39, 0.29) is 5.41 Å².